The quantitative estimate of drug-likeness (QED) is 0.626. The average molecular weight is 313 g/mol. The van der Waals surface area contributed by atoms with Gasteiger partial charge in [0, 0.05) is 0 Å². The van der Waals surface area contributed by atoms with E-state index in [9.17, 15) is 0 Å². The minimum absolute atomic E-state index is 0.465. The molecule has 50 valence electrons. The number of rotatable bonds is 0. The highest BCUT2D eigenvalue weighted by Gasteiger charge is 2.10. The van der Waals surface area contributed by atoms with Crippen LogP contribution in [0.1, 0.15) is 0 Å². The molecular weight excluding hydrogens is 313 g/mol. The van der Waals surface area contributed by atoms with Gasteiger partial charge in [-0.3, -0.25) is 0 Å². The van der Waals surface area contributed by atoms with Gasteiger partial charge in [-0.1, -0.05) is 34.8 Å². The van der Waals surface area contributed by atoms with E-state index in [-0.39, 0.29) is 0 Å². The summed E-state index contributed by atoms with van der Waals surface area (Å²) in [6.45, 7) is 0. The van der Waals surface area contributed by atoms with Crippen molar-refractivity contribution in [3.05, 3.63) is 17.3 Å². The summed E-state index contributed by atoms with van der Waals surface area (Å²) < 4.78 is 1.50. The molecule has 1 aromatic heterocycles. The summed E-state index contributed by atoms with van der Waals surface area (Å²) in [6, 6.07) is 0. The second kappa shape index (κ2) is 3.13. The standard InChI is InChI=1S/C4Cl3IS/c5-1-2(6)4(8)9-3(1)7. The molecule has 0 aliphatic heterocycles. The van der Waals surface area contributed by atoms with Gasteiger partial charge in [0.05, 0.1) is 12.9 Å². The molecule has 1 heterocycles. The van der Waals surface area contributed by atoms with Gasteiger partial charge in [0.25, 0.3) is 0 Å². The molecule has 0 aliphatic rings. The highest BCUT2D eigenvalue weighted by Crippen LogP contribution is 2.40. The molecule has 0 N–H and O–H groups in total. The topological polar surface area (TPSA) is 0 Å². The Morgan fingerprint density at radius 2 is 1.67 bits per heavy atom. The van der Waals surface area contributed by atoms with Crippen LogP contribution < -0.4 is 0 Å². The fourth-order valence-electron chi connectivity index (χ4n) is 0.341. The molecule has 1 aromatic rings. The number of thiophene rings is 1. The fraction of sp³-hybridized carbons (Fsp3) is 0. The van der Waals surface area contributed by atoms with Crippen LogP contribution in [0.25, 0.3) is 0 Å². The van der Waals surface area contributed by atoms with Crippen molar-refractivity contribution < 1.29 is 0 Å². The van der Waals surface area contributed by atoms with Gasteiger partial charge in [-0.2, -0.15) is 0 Å². The van der Waals surface area contributed by atoms with Crippen LogP contribution in [0, 0.1) is 2.88 Å². The van der Waals surface area contributed by atoms with Crippen molar-refractivity contribution in [3.63, 3.8) is 0 Å². The summed E-state index contributed by atoms with van der Waals surface area (Å²) >= 11 is 20.4. The van der Waals surface area contributed by atoms with Crippen molar-refractivity contribution in [1.29, 1.82) is 0 Å². The van der Waals surface area contributed by atoms with Gasteiger partial charge >= 0.3 is 0 Å². The van der Waals surface area contributed by atoms with E-state index in [2.05, 4.69) is 22.6 Å². The molecule has 0 saturated heterocycles. The maximum atomic E-state index is 5.69. The zero-order valence-corrected chi connectivity index (χ0v) is 9.16. The van der Waals surface area contributed by atoms with E-state index in [0.29, 0.717) is 14.4 Å². The normalized spacial score (nSPS) is 10.2. The minimum atomic E-state index is 0.465. The van der Waals surface area contributed by atoms with Crippen LogP contribution in [-0.4, -0.2) is 0 Å². The lowest BCUT2D eigenvalue weighted by molar-refractivity contribution is 1.94. The van der Waals surface area contributed by atoms with E-state index in [4.69, 9.17) is 34.8 Å². The lowest BCUT2D eigenvalue weighted by Crippen LogP contribution is -1.56. The molecule has 0 radical (unpaired) electrons. The molecule has 0 spiro atoms. The lowest BCUT2D eigenvalue weighted by Gasteiger charge is -1.81. The van der Waals surface area contributed by atoms with Crippen LogP contribution in [0.4, 0.5) is 0 Å². The first kappa shape index (κ1) is 8.40. The molecule has 9 heavy (non-hydrogen) atoms. The van der Waals surface area contributed by atoms with E-state index in [0.717, 1.165) is 2.88 Å². The highest BCUT2D eigenvalue weighted by atomic mass is 127. The first-order valence-electron chi connectivity index (χ1n) is 1.91. The van der Waals surface area contributed by atoms with Crippen LogP contribution >= 0.6 is 68.7 Å². The van der Waals surface area contributed by atoms with Crippen molar-refractivity contribution in [1.82, 2.24) is 0 Å². The summed E-state index contributed by atoms with van der Waals surface area (Å²) in [4.78, 5) is 0. The molecule has 0 bridgehead atoms. The van der Waals surface area contributed by atoms with Gasteiger partial charge in [-0.15, -0.1) is 11.3 Å². The molecule has 0 fully saturated rings. The first-order chi connectivity index (χ1) is 4.13. The Morgan fingerprint density at radius 3 is 1.78 bits per heavy atom. The van der Waals surface area contributed by atoms with E-state index in [1.165, 1.54) is 11.3 Å². The van der Waals surface area contributed by atoms with Crippen molar-refractivity contribution in [2.24, 2.45) is 0 Å². The van der Waals surface area contributed by atoms with E-state index < -0.39 is 0 Å². The zero-order chi connectivity index (χ0) is 7.02. The Hall–Kier alpha value is 1.30. The minimum Gasteiger partial charge on any atom is -0.114 e. The third-order valence-corrected chi connectivity index (χ3v) is 4.60. The number of halogens is 4. The Kier molecular flexibility index (Phi) is 2.92. The van der Waals surface area contributed by atoms with Gasteiger partial charge < -0.3 is 0 Å². The van der Waals surface area contributed by atoms with Crippen LogP contribution in [0.2, 0.25) is 14.4 Å². The van der Waals surface area contributed by atoms with Crippen LogP contribution in [-0.2, 0) is 0 Å². The van der Waals surface area contributed by atoms with Crippen molar-refractivity contribution >= 4 is 68.7 Å². The summed E-state index contributed by atoms with van der Waals surface area (Å²) in [5.41, 5.74) is 0. The van der Waals surface area contributed by atoms with Gasteiger partial charge in [0.1, 0.15) is 4.34 Å². The predicted octanol–water partition coefficient (Wildman–Crippen LogP) is 4.31. The zero-order valence-electron chi connectivity index (χ0n) is 3.92. The Morgan fingerprint density at radius 1 is 1.11 bits per heavy atom. The summed E-state index contributed by atoms with van der Waals surface area (Å²) in [5, 5.41) is 1.03. The van der Waals surface area contributed by atoms with Crippen LogP contribution in [0.5, 0.6) is 0 Å². The highest BCUT2D eigenvalue weighted by molar-refractivity contribution is 14.1. The summed E-state index contributed by atoms with van der Waals surface area (Å²) in [5.74, 6) is 0. The second-order valence-electron chi connectivity index (χ2n) is 1.28. The van der Waals surface area contributed by atoms with Crippen molar-refractivity contribution in [2.45, 2.75) is 0 Å². The Labute approximate surface area is 85.2 Å². The number of hydrogen-bond donors (Lipinski definition) is 0. The third-order valence-electron chi connectivity index (χ3n) is 0.717. The van der Waals surface area contributed by atoms with Crippen molar-refractivity contribution in [2.75, 3.05) is 0 Å². The fourth-order valence-corrected chi connectivity index (χ4v) is 3.27. The average Bonchev–Trinajstić information content (AvgIpc) is 1.98. The lowest BCUT2D eigenvalue weighted by atomic mass is 10.7. The predicted molar refractivity (Wildman–Crippen MR) is 52.1 cm³/mol. The first-order valence-corrected chi connectivity index (χ1v) is 4.94. The van der Waals surface area contributed by atoms with Crippen LogP contribution in [0.3, 0.4) is 0 Å². The molecule has 0 amide bonds. The Bertz CT molecular complexity index is 209. The molecule has 0 saturated carbocycles. The molecule has 0 aromatic carbocycles. The van der Waals surface area contributed by atoms with E-state index >= 15 is 0 Å². The van der Waals surface area contributed by atoms with E-state index in [1.807, 2.05) is 0 Å². The van der Waals surface area contributed by atoms with E-state index in [1.54, 1.807) is 0 Å². The molecule has 1 rings (SSSR count). The van der Waals surface area contributed by atoms with Gasteiger partial charge in [-0.25, -0.2) is 0 Å². The monoisotopic (exact) mass is 312 g/mol. The molecule has 5 heteroatoms. The van der Waals surface area contributed by atoms with Gasteiger partial charge in [0.2, 0.25) is 0 Å². The second-order valence-corrected chi connectivity index (χ2v) is 5.47. The third kappa shape index (κ3) is 1.66. The largest absolute Gasteiger partial charge is 0.114 e. The molecule has 0 unspecified atom stereocenters. The summed E-state index contributed by atoms with van der Waals surface area (Å²) in [7, 11) is 0. The molecule has 0 nitrogen and oxygen atoms in total. The Balaban J connectivity index is 3.29. The maximum absolute atomic E-state index is 5.69. The summed E-state index contributed by atoms with van der Waals surface area (Å²) in [6.07, 6.45) is 0. The molecule has 0 atom stereocenters. The number of hydrogen-bond acceptors (Lipinski definition) is 1. The van der Waals surface area contributed by atoms with Gasteiger partial charge in [0.15, 0.2) is 0 Å². The molecule has 0 aliphatic carbocycles. The maximum Gasteiger partial charge on any atom is 0.114 e. The van der Waals surface area contributed by atoms with Gasteiger partial charge in [-0.05, 0) is 22.6 Å². The smallest absolute Gasteiger partial charge is 0.114 e. The van der Waals surface area contributed by atoms with Crippen molar-refractivity contribution in [3.8, 4) is 0 Å². The SMILES string of the molecule is Clc1sc(I)c(Cl)c1Cl. The van der Waals surface area contributed by atoms with Crippen LogP contribution in [0.15, 0.2) is 0 Å². The molecular formula is C4Cl3IS.